The zero-order chi connectivity index (χ0) is 34.1. The zero-order valence-corrected chi connectivity index (χ0v) is 28.0. The number of halogens is 1. The summed E-state index contributed by atoms with van der Waals surface area (Å²) in [7, 11) is 0. The second-order valence-electron chi connectivity index (χ2n) is 10.8. The number of esters is 2. The second-order valence-corrected chi connectivity index (χ2v) is 13.4. The van der Waals surface area contributed by atoms with Crippen LogP contribution in [0.25, 0.3) is 0 Å². The highest BCUT2D eigenvalue weighted by Gasteiger charge is 2.56. The Balaban J connectivity index is 1.31. The minimum atomic E-state index is -0.894. The molecule has 11 nitrogen and oxygen atoms in total. The van der Waals surface area contributed by atoms with Crippen LogP contribution in [0.3, 0.4) is 0 Å². The number of nitrogens with zero attached hydrogens (tertiary/aromatic N) is 2. The first kappa shape index (κ1) is 33.2. The monoisotopic (exact) mass is 705 g/mol. The number of aromatic nitrogens is 1. The van der Waals surface area contributed by atoms with Crippen LogP contribution in [0.1, 0.15) is 50.9 Å². The fourth-order valence-corrected chi connectivity index (χ4v) is 8.65. The molecule has 0 spiro atoms. The van der Waals surface area contributed by atoms with E-state index in [2.05, 4.69) is 5.32 Å². The van der Waals surface area contributed by atoms with E-state index in [-0.39, 0.29) is 25.3 Å². The normalized spacial score (nSPS) is 18.2. The molecule has 1 N–H and O–H groups in total. The zero-order valence-electron chi connectivity index (χ0n) is 25.6. The third-order valence-electron chi connectivity index (χ3n) is 7.90. The number of ether oxygens (including phenoxy) is 2. The van der Waals surface area contributed by atoms with Gasteiger partial charge in [0.15, 0.2) is 0 Å². The molecule has 2 aliphatic rings. The van der Waals surface area contributed by atoms with E-state index in [1.54, 1.807) is 50.2 Å². The van der Waals surface area contributed by atoms with Gasteiger partial charge in [-0.05, 0) is 80.1 Å². The van der Waals surface area contributed by atoms with Crippen LogP contribution < -0.4 is 15.1 Å². The summed E-state index contributed by atoms with van der Waals surface area (Å²) in [6, 6.07) is 19.1. The molecule has 6 rings (SSSR count). The molecule has 246 valence electrons. The van der Waals surface area contributed by atoms with E-state index in [4.69, 9.17) is 21.1 Å². The number of rotatable bonds is 9. The van der Waals surface area contributed by atoms with Gasteiger partial charge < -0.3 is 14.8 Å². The minimum Gasteiger partial charge on any atom is -0.462 e. The number of carbonyl (C=O) groups is 5. The average molecular weight is 706 g/mol. The van der Waals surface area contributed by atoms with Crippen LogP contribution in [-0.4, -0.2) is 52.7 Å². The Bertz CT molecular complexity index is 1970. The standard InChI is InChI=1S/C34H28ClN3O8S2/c1-3-45-32(42)19-7-13-22(14-8-19)36-24(39)17-37-31-28(48-34(37)44)25(18-5-11-21(35)12-6-18)26-27(47-31)30(41)38(29(26)40)23-15-9-20(10-16-23)33(43)46-4-2/h5-16,25-27H,3-4,17H2,1-2H3,(H,36,39). The highest BCUT2D eigenvalue weighted by Crippen LogP contribution is 2.54. The number of hydrogen-bond acceptors (Lipinski definition) is 10. The molecule has 4 aromatic rings. The lowest BCUT2D eigenvalue weighted by Crippen LogP contribution is -2.33. The highest BCUT2D eigenvalue weighted by atomic mass is 35.5. The number of imide groups is 1. The van der Waals surface area contributed by atoms with Gasteiger partial charge in [-0.1, -0.05) is 46.8 Å². The smallest absolute Gasteiger partial charge is 0.338 e. The summed E-state index contributed by atoms with van der Waals surface area (Å²) in [6.45, 7) is 3.50. The molecule has 3 amide bonds. The fraction of sp³-hybridized carbons (Fsp3) is 0.235. The summed E-state index contributed by atoms with van der Waals surface area (Å²) < 4.78 is 11.4. The van der Waals surface area contributed by atoms with Crippen LogP contribution >= 0.6 is 34.7 Å². The number of nitrogens with one attached hydrogen (secondary N) is 1. The summed E-state index contributed by atoms with van der Waals surface area (Å²) in [4.78, 5) is 80.1. The molecule has 14 heteroatoms. The van der Waals surface area contributed by atoms with Crippen molar-refractivity contribution in [3.8, 4) is 0 Å². The van der Waals surface area contributed by atoms with Crippen molar-refractivity contribution in [2.24, 2.45) is 5.92 Å². The van der Waals surface area contributed by atoms with Crippen molar-refractivity contribution in [2.45, 2.75) is 36.6 Å². The van der Waals surface area contributed by atoms with E-state index in [0.717, 1.165) is 28.0 Å². The van der Waals surface area contributed by atoms with E-state index in [0.29, 0.717) is 37.4 Å². The number of thioether (sulfide) groups is 1. The van der Waals surface area contributed by atoms with Crippen molar-refractivity contribution in [3.05, 3.63) is 109 Å². The summed E-state index contributed by atoms with van der Waals surface area (Å²) in [6.07, 6.45) is 0. The van der Waals surface area contributed by atoms with Crippen LogP contribution in [0.2, 0.25) is 5.02 Å². The molecular weight excluding hydrogens is 678 g/mol. The number of thiazole rings is 1. The van der Waals surface area contributed by atoms with Crippen LogP contribution in [0.4, 0.5) is 11.4 Å². The molecule has 3 unspecified atom stereocenters. The second kappa shape index (κ2) is 13.8. The fourth-order valence-electron chi connectivity index (χ4n) is 5.75. The van der Waals surface area contributed by atoms with Gasteiger partial charge in [-0.25, -0.2) is 14.5 Å². The molecule has 1 fully saturated rings. The summed E-state index contributed by atoms with van der Waals surface area (Å²) in [5.41, 5.74) is 2.02. The summed E-state index contributed by atoms with van der Waals surface area (Å²) >= 11 is 8.20. The highest BCUT2D eigenvalue weighted by molar-refractivity contribution is 8.00. The molecule has 3 atom stereocenters. The predicted octanol–water partition coefficient (Wildman–Crippen LogP) is 5.35. The summed E-state index contributed by atoms with van der Waals surface area (Å²) in [5.74, 6) is -3.92. The van der Waals surface area contributed by atoms with Crippen molar-refractivity contribution >= 4 is 75.7 Å². The Hall–Kier alpha value is -4.72. The van der Waals surface area contributed by atoms with Crippen molar-refractivity contribution in [3.63, 3.8) is 0 Å². The van der Waals surface area contributed by atoms with Crippen molar-refractivity contribution < 1.29 is 33.4 Å². The average Bonchev–Trinajstić information content (AvgIpc) is 3.52. The van der Waals surface area contributed by atoms with Crippen LogP contribution in [0, 0.1) is 5.92 Å². The number of fused-ring (bicyclic) bond motifs is 2. The van der Waals surface area contributed by atoms with Gasteiger partial charge in [0.05, 0.1) is 41.0 Å². The first-order valence-electron chi connectivity index (χ1n) is 15.0. The number of carbonyl (C=O) groups excluding carboxylic acids is 5. The molecule has 0 radical (unpaired) electrons. The molecule has 0 aliphatic carbocycles. The number of hydrogen-bond donors (Lipinski definition) is 1. The Morgan fingerprint density at radius 1 is 0.812 bits per heavy atom. The topological polar surface area (TPSA) is 141 Å². The first-order chi connectivity index (χ1) is 23.1. The van der Waals surface area contributed by atoms with E-state index in [1.807, 2.05) is 0 Å². The SMILES string of the molecule is CCOC(=O)c1ccc(NC(=O)Cn2c3c(sc2=O)C(c2ccc(Cl)cc2)C2C(=O)N(c4ccc(C(=O)OCC)cc4)C(=O)C2S3)cc1. The number of benzene rings is 3. The largest absolute Gasteiger partial charge is 0.462 e. The lowest BCUT2D eigenvalue weighted by molar-refractivity contribution is -0.122. The Morgan fingerprint density at radius 2 is 1.40 bits per heavy atom. The Labute approximate surface area is 287 Å². The van der Waals surface area contributed by atoms with Gasteiger partial charge in [-0.15, -0.1) is 0 Å². The maximum Gasteiger partial charge on any atom is 0.338 e. The van der Waals surface area contributed by atoms with E-state index < -0.39 is 51.6 Å². The predicted molar refractivity (Wildman–Crippen MR) is 181 cm³/mol. The molecular formula is C34H28ClN3O8S2. The number of anilines is 2. The van der Waals surface area contributed by atoms with Crippen LogP contribution in [0.5, 0.6) is 0 Å². The van der Waals surface area contributed by atoms with Crippen molar-refractivity contribution in [1.82, 2.24) is 4.57 Å². The molecule has 3 aromatic carbocycles. The lowest BCUT2D eigenvalue weighted by Gasteiger charge is -2.30. The van der Waals surface area contributed by atoms with E-state index in [1.165, 1.54) is 41.0 Å². The van der Waals surface area contributed by atoms with Gasteiger partial charge in [-0.2, -0.15) is 0 Å². The molecule has 1 aromatic heterocycles. The van der Waals surface area contributed by atoms with Crippen LogP contribution in [-0.2, 0) is 30.4 Å². The van der Waals surface area contributed by atoms with Crippen LogP contribution in [0.15, 0.2) is 82.6 Å². The maximum atomic E-state index is 14.1. The van der Waals surface area contributed by atoms with Gasteiger partial charge in [0.2, 0.25) is 17.7 Å². The molecule has 0 bridgehead atoms. The lowest BCUT2D eigenvalue weighted by atomic mass is 9.83. The molecule has 48 heavy (non-hydrogen) atoms. The quantitative estimate of drug-likeness (QED) is 0.180. The van der Waals surface area contributed by atoms with Crippen molar-refractivity contribution in [1.29, 1.82) is 0 Å². The Kier molecular flexibility index (Phi) is 9.54. The minimum absolute atomic E-state index is 0.206. The van der Waals surface area contributed by atoms with E-state index >= 15 is 0 Å². The third kappa shape index (κ3) is 6.28. The maximum absolute atomic E-state index is 14.1. The number of amides is 3. The third-order valence-corrected chi connectivity index (χ3v) is 10.8. The van der Waals surface area contributed by atoms with Gasteiger partial charge in [0.1, 0.15) is 11.8 Å². The molecule has 0 saturated carbocycles. The molecule has 3 heterocycles. The van der Waals surface area contributed by atoms with Crippen molar-refractivity contribution in [2.75, 3.05) is 23.4 Å². The molecule has 2 aliphatic heterocycles. The van der Waals surface area contributed by atoms with E-state index in [9.17, 15) is 28.8 Å². The van der Waals surface area contributed by atoms with Gasteiger partial charge in [-0.3, -0.25) is 23.7 Å². The molecule has 1 saturated heterocycles. The Morgan fingerprint density at radius 3 is 1.98 bits per heavy atom. The van der Waals surface area contributed by atoms with Gasteiger partial charge in [0, 0.05) is 21.5 Å². The summed E-state index contributed by atoms with van der Waals surface area (Å²) in [5, 5.41) is 2.76. The van der Waals surface area contributed by atoms with Gasteiger partial charge >= 0.3 is 16.8 Å². The van der Waals surface area contributed by atoms with Gasteiger partial charge in [0.25, 0.3) is 0 Å². The first-order valence-corrected chi connectivity index (χ1v) is 17.1.